The second-order valence-electron chi connectivity index (χ2n) is 7.57. The molecule has 1 amide bonds. The summed E-state index contributed by atoms with van der Waals surface area (Å²) in [5.41, 5.74) is 1.07. The first-order valence-electron chi connectivity index (χ1n) is 9.78. The molecule has 1 aromatic heterocycles. The highest BCUT2D eigenvalue weighted by Crippen LogP contribution is 2.37. The highest BCUT2D eigenvalue weighted by atomic mass is 32.1. The lowest BCUT2D eigenvalue weighted by atomic mass is 9.92. The molecule has 0 aliphatic carbocycles. The fourth-order valence-corrected chi connectivity index (χ4v) is 5.35. The van der Waals surface area contributed by atoms with Crippen LogP contribution in [0.1, 0.15) is 22.5 Å². The zero-order valence-electron chi connectivity index (χ0n) is 15.3. The van der Waals surface area contributed by atoms with Crippen LogP contribution in [-0.2, 0) is 0 Å². The number of nitrogens with zero attached hydrogens (tertiary/aromatic N) is 1. The number of carbonyl (C=O) groups is 1. The van der Waals surface area contributed by atoms with Crippen LogP contribution in [0.2, 0.25) is 0 Å². The molecule has 142 valence electrons. The lowest BCUT2D eigenvalue weighted by Gasteiger charge is -2.20. The van der Waals surface area contributed by atoms with Gasteiger partial charge in [-0.05, 0) is 73.7 Å². The van der Waals surface area contributed by atoms with E-state index >= 15 is 0 Å². The molecule has 2 atom stereocenters. The molecule has 3 aliphatic rings. The summed E-state index contributed by atoms with van der Waals surface area (Å²) in [6.07, 6.45) is 2.23. The summed E-state index contributed by atoms with van der Waals surface area (Å²) in [7, 11) is 0. The van der Waals surface area contributed by atoms with Crippen LogP contribution in [0.15, 0.2) is 30.3 Å². The van der Waals surface area contributed by atoms with Crippen molar-refractivity contribution < 1.29 is 14.3 Å². The molecular formula is C21H24N2O3S. The van der Waals surface area contributed by atoms with Crippen molar-refractivity contribution in [3.8, 4) is 21.9 Å². The Bertz CT molecular complexity index is 836. The molecule has 2 aromatic rings. The predicted octanol–water partition coefficient (Wildman–Crippen LogP) is 3.26. The number of rotatable bonds is 2. The van der Waals surface area contributed by atoms with Gasteiger partial charge in [0.25, 0.3) is 5.91 Å². The van der Waals surface area contributed by atoms with Gasteiger partial charge in [-0.25, -0.2) is 0 Å². The van der Waals surface area contributed by atoms with Crippen molar-refractivity contribution in [3.05, 3.63) is 35.2 Å². The van der Waals surface area contributed by atoms with E-state index in [1.807, 2.05) is 30.3 Å². The number of benzene rings is 1. The number of fused-ring (bicyclic) bond motifs is 2. The second kappa shape index (κ2) is 7.17. The minimum Gasteiger partial charge on any atom is -0.486 e. The van der Waals surface area contributed by atoms with E-state index in [2.05, 4.69) is 10.2 Å². The first-order valence-corrected chi connectivity index (χ1v) is 10.6. The Labute approximate surface area is 163 Å². The topological polar surface area (TPSA) is 50.8 Å². The third kappa shape index (κ3) is 3.32. The first-order chi connectivity index (χ1) is 13.3. The average molecular weight is 385 g/mol. The summed E-state index contributed by atoms with van der Waals surface area (Å²) in [5.74, 6) is 3.23. The Morgan fingerprint density at radius 1 is 1.00 bits per heavy atom. The molecule has 5 nitrogen and oxygen atoms in total. The van der Waals surface area contributed by atoms with Crippen LogP contribution in [0.5, 0.6) is 11.5 Å². The summed E-state index contributed by atoms with van der Waals surface area (Å²) < 4.78 is 11.3. The molecule has 27 heavy (non-hydrogen) atoms. The van der Waals surface area contributed by atoms with Gasteiger partial charge in [-0.2, -0.15) is 0 Å². The van der Waals surface area contributed by atoms with Gasteiger partial charge in [-0.15, -0.1) is 11.3 Å². The molecule has 5 rings (SSSR count). The summed E-state index contributed by atoms with van der Waals surface area (Å²) in [6.45, 7) is 5.15. The van der Waals surface area contributed by atoms with Crippen LogP contribution >= 0.6 is 11.3 Å². The van der Waals surface area contributed by atoms with Crippen molar-refractivity contribution in [2.75, 3.05) is 39.4 Å². The molecule has 6 heteroatoms. The number of hydrogen-bond acceptors (Lipinski definition) is 5. The van der Waals surface area contributed by atoms with E-state index in [0.29, 0.717) is 13.2 Å². The second-order valence-corrected chi connectivity index (χ2v) is 8.65. The van der Waals surface area contributed by atoms with Crippen molar-refractivity contribution in [1.29, 1.82) is 0 Å². The highest BCUT2D eigenvalue weighted by molar-refractivity contribution is 7.17. The number of thiophene rings is 1. The van der Waals surface area contributed by atoms with Gasteiger partial charge in [0.05, 0.1) is 4.88 Å². The molecule has 0 radical (unpaired) electrons. The van der Waals surface area contributed by atoms with Gasteiger partial charge in [0.2, 0.25) is 0 Å². The van der Waals surface area contributed by atoms with Crippen LogP contribution in [0, 0.1) is 11.8 Å². The lowest BCUT2D eigenvalue weighted by molar-refractivity contribution is 0.0763. The van der Waals surface area contributed by atoms with E-state index in [-0.39, 0.29) is 5.91 Å². The van der Waals surface area contributed by atoms with Crippen LogP contribution in [0.4, 0.5) is 0 Å². The fraction of sp³-hybridized carbons (Fsp3) is 0.476. The Morgan fingerprint density at radius 3 is 2.52 bits per heavy atom. The van der Waals surface area contributed by atoms with Gasteiger partial charge >= 0.3 is 0 Å². The van der Waals surface area contributed by atoms with E-state index in [1.54, 1.807) is 11.3 Å². The number of hydrogen-bond donors (Lipinski definition) is 1. The zero-order chi connectivity index (χ0) is 18.2. The third-order valence-corrected chi connectivity index (χ3v) is 7.07. The number of nitrogens with one attached hydrogen (secondary N) is 1. The van der Waals surface area contributed by atoms with Crippen molar-refractivity contribution in [2.45, 2.75) is 12.8 Å². The molecule has 4 heterocycles. The summed E-state index contributed by atoms with van der Waals surface area (Å²) in [5, 5.41) is 3.49. The van der Waals surface area contributed by atoms with Gasteiger partial charge in [-0.3, -0.25) is 4.79 Å². The average Bonchev–Trinajstić information content (AvgIpc) is 3.33. The lowest BCUT2D eigenvalue weighted by Crippen LogP contribution is -2.32. The molecule has 0 unspecified atom stereocenters. The highest BCUT2D eigenvalue weighted by Gasteiger charge is 2.32. The maximum absolute atomic E-state index is 13.0. The molecule has 2 saturated heterocycles. The minimum absolute atomic E-state index is 0.178. The first kappa shape index (κ1) is 17.1. The SMILES string of the molecule is O=C(c1ccc(-c2ccc3c(c2)OCCO3)s1)N1CC[C@@H]2CNC[C@@H]2CC1. The summed E-state index contributed by atoms with van der Waals surface area (Å²) in [4.78, 5) is 17.0. The largest absolute Gasteiger partial charge is 0.486 e. The maximum atomic E-state index is 13.0. The number of amides is 1. The normalized spacial score (nSPS) is 24.4. The van der Waals surface area contributed by atoms with Crippen LogP contribution < -0.4 is 14.8 Å². The van der Waals surface area contributed by atoms with E-state index < -0.39 is 0 Å². The predicted molar refractivity (Wildman–Crippen MR) is 106 cm³/mol. The monoisotopic (exact) mass is 384 g/mol. The fourth-order valence-electron chi connectivity index (χ4n) is 4.38. The van der Waals surface area contributed by atoms with Crippen LogP contribution in [0.3, 0.4) is 0 Å². The maximum Gasteiger partial charge on any atom is 0.263 e. The third-order valence-electron chi connectivity index (χ3n) is 5.95. The molecule has 0 saturated carbocycles. The molecule has 0 spiro atoms. The van der Waals surface area contributed by atoms with Gasteiger partial charge in [-0.1, -0.05) is 0 Å². The standard InChI is InChI=1S/C21H24N2O3S/c24-21(23-7-5-15-12-22-13-16(15)6-8-23)20-4-3-19(27-20)14-1-2-17-18(11-14)26-10-9-25-17/h1-4,11,15-16,22H,5-10,12-13H2/t15-,16+. The van der Waals surface area contributed by atoms with E-state index in [4.69, 9.17) is 9.47 Å². The van der Waals surface area contributed by atoms with E-state index in [9.17, 15) is 4.79 Å². The molecule has 1 N–H and O–H groups in total. The van der Waals surface area contributed by atoms with E-state index in [0.717, 1.165) is 77.7 Å². The van der Waals surface area contributed by atoms with E-state index in [1.165, 1.54) is 0 Å². The van der Waals surface area contributed by atoms with Gasteiger partial charge < -0.3 is 19.7 Å². The summed E-state index contributed by atoms with van der Waals surface area (Å²) >= 11 is 1.57. The summed E-state index contributed by atoms with van der Waals surface area (Å²) in [6, 6.07) is 10.0. The quantitative estimate of drug-likeness (QED) is 0.864. The molecule has 2 fully saturated rings. The van der Waals surface area contributed by atoms with Crippen molar-refractivity contribution >= 4 is 17.2 Å². The number of likely N-dealkylation sites (tertiary alicyclic amines) is 1. The van der Waals surface area contributed by atoms with Crippen LogP contribution in [-0.4, -0.2) is 50.2 Å². The van der Waals surface area contributed by atoms with Gasteiger partial charge in [0.15, 0.2) is 11.5 Å². The number of ether oxygens (including phenoxy) is 2. The minimum atomic E-state index is 0.178. The Balaban J connectivity index is 1.32. The van der Waals surface area contributed by atoms with Crippen molar-refractivity contribution in [2.24, 2.45) is 11.8 Å². The van der Waals surface area contributed by atoms with Gasteiger partial charge in [0.1, 0.15) is 13.2 Å². The molecule has 0 bridgehead atoms. The molecular weight excluding hydrogens is 360 g/mol. The van der Waals surface area contributed by atoms with Crippen LogP contribution in [0.25, 0.3) is 10.4 Å². The zero-order valence-corrected chi connectivity index (χ0v) is 16.1. The molecule has 1 aromatic carbocycles. The van der Waals surface area contributed by atoms with Gasteiger partial charge in [0, 0.05) is 18.0 Å². The molecule has 3 aliphatic heterocycles. The Hall–Kier alpha value is -2.05. The Morgan fingerprint density at radius 2 is 1.74 bits per heavy atom. The van der Waals surface area contributed by atoms with Crippen molar-refractivity contribution in [1.82, 2.24) is 10.2 Å². The Kier molecular flexibility index (Phi) is 4.53. The van der Waals surface area contributed by atoms with Crippen molar-refractivity contribution in [3.63, 3.8) is 0 Å². The smallest absolute Gasteiger partial charge is 0.263 e. The number of carbonyl (C=O) groups excluding carboxylic acids is 1.